The van der Waals surface area contributed by atoms with Crippen molar-refractivity contribution in [2.45, 2.75) is 6.92 Å². The summed E-state index contributed by atoms with van der Waals surface area (Å²) in [5.41, 5.74) is 2.39. The van der Waals surface area contributed by atoms with Gasteiger partial charge in [0, 0.05) is 5.70 Å². The van der Waals surface area contributed by atoms with Crippen molar-refractivity contribution in [2.75, 3.05) is 13.2 Å². The molecule has 0 bridgehead atoms. The van der Waals surface area contributed by atoms with Crippen molar-refractivity contribution in [3.05, 3.63) is 53.2 Å². The van der Waals surface area contributed by atoms with E-state index in [1.54, 1.807) is 0 Å². The summed E-state index contributed by atoms with van der Waals surface area (Å²) in [6.45, 7) is 2.46. The largest absolute Gasteiger partial charge is 0.458 e. The molecule has 4 nitrogen and oxygen atoms in total. The lowest BCUT2D eigenvalue weighted by Crippen LogP contribution is -2.42. The number of esters is 1. The van der Waals surface area contributed by atoms with Crippen molar-refractivity contribution < 1.29 is 9.53 Å². The van der Waals surface area contributed by atoms with Crippen LogP contribution < -0.4 is 10.6 Å². The Balaban J connectivity index is 1.85. The van der Waals surface area contributed by atoms with Gasteiger partial charge < -0.3 is 15.4 Å². The van der Waals surface area contributed by atoms with E-state index in [1.807, 2.05) is 49.4 Å². The van der Waals surface area contributed by atoms with Crippen LogP contribution in [0.4, 0.5) is 0 Å². The van der Waals surface area contributed by atoms with Crippen LogP contribution in [0, 0.1) is 0 Å². The predicted octanol–water partition coefficient (Wildman–Crippen LogP) is 1.99. The third kappa shape index (κ3) is 3.93. The summed E-state index contributed by atoms with van der Waals surface area (Å²) in [5.74, 6) is -0.331. The highest BCUT2D eigenvalue weighted by Gasteiger charge is 2.18. The van der Waals surface area contributed by atoms with Gasteiger partial charge in [-0.1, -0.05) is 36.4 Å². The summed E-state index contributed by atoms with van der Waals surface area (Å²) >= 11 is 4.96. The zero-order chi connectivity index (χ0) is 14.4. The Labute approximate surface area is 123 Å². The summed E-state index contributed by atoms with van der Waals surface area (Å²) in [5, 5.41) is 6.34. The van der Waals surface area contributed by atoms with Gasteiger partial charge in [0.15, 0.2) is 5.11 Å². The molecule has 0 aromatic heterocycles. The molecule has 5 heteroatoms. The molecule has 0 fully saturated rings. The topological polar surface area (TPSA) is 50.4 Å². The fourth-order valence-electron chi connectivity index (χ4n) is 1.78. The number of rotatable bonds is 4. The third-order valence-electron chi connectivity index (χ3n) is 2.85. The number of nitrogens with one attached hydrogen (secondary N) is 2. The van der Waals surface area contributed by atoms with E-state index in [4.69, 9.17) is 17.0 Å². The number of hydrogen-bond donors (Lipinski definition) is 2. The van der Waals surface area contributed by atoms with Crippen LogP contribution in [0.1, 0.15) is 12.5 Å². The van der Waals surface area contributed by atoms with Crippen LogP contribution in [0.3, 0.4) is 0 Å². The first-order chi connectivity index (χ1) is 9.66. The minimum absolute atomic E-state index is 0.245. The van der Waals surface area contributed by atoms with Gasteiger partial charge in [-0.3, -0.25) is 0 Å². The molecular weight excluding hydrogens is 272 g/mol. The summed E-state index contributed by atoms with van der Waals surface area (Å²) in [6.07, 6.45) is 3.73. The molecule has 1 aromatic carbocycles. The fraction of sp³-hybridized carbons (Fsp3) is 0.200. The third-order valence-corrected chi connectivity index (χ3v) is 3.09. The summed E-state index contributed by atoms with van der Waals surface area (Å²) in [7, 11) is 0. The highest BCUT2D eigenvalue weighted by Crippen LogP contribution is 2.07. The first kappa shape index (κ1) is 14.3. The number of ether oxygens (including phenoxy) is 1. The van der Waals surface area contributed by atoms with Crippen LogP contribution in [0.2, 0.25) is 0 Å². The maximum absolute atomic E-state index is 11.9. The smallest absolute Gasteiger partial charge is 0.337 e. The highest BCUT2D eigenvalue weighted by atomic mass is 32.1. The molecule has 0 amide bonds. The number of allylic oxidation sites excluding steroid dienone is 1. The van der Waals surface area contributed by atoms with Crippen LogP contribution in [0.5, 0.6) is 0 Å². The fourth-order valence-corrected chi connectivity index (χ4v) is 2.00. The lowest BCUT2D eigenvalue weighted by Gasteiger charge is -2.20. The van der Waals surface area contributed by atoms with Crippen LogP contribution in [-0.4, -0.2) is 24.2 Å². The molecule has 0 atom stereocenters. The minimum atomic E-state index is -0.331. The minimum Gasteiger partial charge on any atom is -0.458 e. The second-order valence-electron chi connectivity index (χ2n) is 4.32. The molecule has 20 heavy (non-hydrogen) atoms. The van der Waals surface area contributed by atoms with Crippen molar-refractivity contribution >= 4 is 29.4 Å². The molecule has 1 aliphatic rings. The number of thiocarbonyl (C=S) groups is 1. The van der Waals surface area contributed by atoms with E-state index in [-0.39, 0.29) is 12.6 Å². The highest BCUT2D eigenvalue weighted by molar-refractivity contribution is 7.80. The molecule has 0 radical (unpaired) electrons. The second kappa shape index (κ2) is 6.86. The Morgan fingerprint density at radius 2 is 2.15 bits per heavy atom. The van der Waals surface area contributed by atoms with Crippen LogP contribution in [-0.2, 0) is 9.53 Å². The number of benzene rings is 1. The van der Waals surface area contributed by atoms with E-state index in [0.717, 1.165) is 11.3 Å². The molecule has 0 unspecified atom stereocenters. The first-order valence-electron chi connectivity index (χ1n) is 6.30. The molecule has 1 aliphatic heterocycles. The van der Waals surface area contributed by atoms with E-state index in [1.165, 1.54) is 0 Å². The number of hydrogen-bond acceptors (Lipinski definition) is 3. The Morgan fingerprint density at radius 3 is 2.85 bits per heavy atom. The van der Waals surface area contributed by atoms with Gasteiger partial charge in [0.05, 0.1) is 12.1 Å². The monoisotopic (exact) mass is 288 g/mol. The molecule has 104 valence electrons. The Bertz CT molecular complexity index is 564. The zero-order valence-electron chi connectivity index (χ0n) is 11.2. The van der Waals surface area contributed by atoms with Gasteiger partial charge in [-0.05, 0) is 30.8 Å². The van der Waals surface area contributed by atoms with E-state index in [2.05, 4.69) is 10.6 Å². The molecule has 0 saturated carbocycles. The SMILES string of the molecule is CC1=C(C(=O)OCC=Cc2ccccc2)CNC(=S)N1. The van der Waals surface area contributed by atoms with E-state index < -0.39 is 0 Å². The lowest BCUT2D eigenvalue weighted by molar-refractivity contribution is -0.137. The molecule has 0 aliphatic carbocycles. The Hall–Kier alpha value is -2.14. The number of carbonyl (C=O) groups is 1. The maximum atomic E-state index is 11.9. The molecule has 2 rings (SSSR count). The first-order valence-corrected chi connectivity index (χ1v) is 6.71. The van der Waals surface area contributed by atoms with Gasteiger partial charge in [0.25, 0.3) is 0 Å². The van der Waals surface area contributed by atoms with E-state index in [0.29, 0.717) is 17.2 Å². The van der Waals surface area contributed by atoms with Gasteiger partial charge in [0.2, 0.25) is 0 Å². The average molecular weight is 288 g/mol. The molecule has 2 N–H and O–H groups in total. The average Bonchev–Trinajstić information content (AvgIpc) is 2.44. The Morgan fingerprint density at radius 1 is 1.40 bits per heavy atom. The molecular formula is C15H16N2O2S. The molecule has 1 aromatic rings. The van der Waals surface area contributed by atoms with Gasteiger partial charge in [-0.2, -0.15) is 0 Å². The van der Waals surface area contributed by atoms with Crippen molar-refractivity contribution in [2.24, 2.45) is 0 Å². The predicted molar refractivity (Wildman–Crippen MR) is 82.9 cm³/mol. The van der Waals surface area contributed by atoms with Crippen LogP contribution in [0.25, 0.3) is 6.08 Å². The van der Waals surface area contributed by atoms with Crippen molar-refractivity contribution in [1.29, 1.82) is 0 Å². The lowest BCUT2D eigenvalue weighted by atomic mass is 10.2. The Kier molecular flexibility index (Phi) is 4.90. The summed E-state index contributed by atoms with van der Waals surface area (Å²) in [6, 6.07) is 9.85. The van der Waals surface area contributed by atoms with Crippen LogP contribution in [0.15, 0.2) is 47.7 Å². The van der Waals surface area contributed by atoms with Crippen molar-refractivity contribution in [1.82, 2.24) is 10.6 Å². The van der Waals surface area contributed by atoms with E-state index >= 15 is 0 Å². The standard InChI is InChI=1S/C15H16N2O2S/c1-11-13(10-16-15(20)17-11)14(18)19-9-5-8-12-6-3-2-4-7-12/h2-8H,9-10H2,1H3,(H2,16,17,20). The second-order valence-corrected chi connectivity index (χ2v) is 4.73. The number of carbonyl (C=O) groups excluding carboxylic acids is 1. The van der Waals surface area contributed by atoms with Crippen molar-refractivity contribution in [3.8, 4) is 0 Å². The maximum Gasteiger partial charge on any atom is 0.337 e. The summed E-state index contributed by atoms with van der Waals surface area (Å²) in [4.78, 5) is 11.9. The van der Waals surface area contributed by atoms with Crippen molar-refractivity contribution in [3.63, 3.8) is 0 Å². The normalized spacial score (nSPS) is 14.9. The zero-order valence-corrected chi connectivity index (χ0v) is 12.0. The molecule has 1 heterocycles. The molecule has 0 spiro atoms. The van der Waals surface area contributed by atoms with Gasteiger partial charge in [-0.25, -0.2) is 4.79 Å². The summed E-state index contributed by atoms with van der Waals surface area (Å²) < 4.78 is 5.20. The van der Waals surface area contributed by atoms with Crippen LogP contribution >= 0.6 is 12.2 Å². The van der Waals surface area contributed by atoms with Gasteiger partial charge >= 0.3 is 5.97 Å². The quantitative estimate of drug-likeness (QED) is 0.655. The van der Waals surface area contributed by atoms with Gasteiger partial charge in [0.1, 0.15) is 6.61 Å². The van der Waals surface area contributed by atoms with E-state index in [9.17, 15) is 4.79 Å². The molecule has 0 saturated heterocycles. The van der Waals surface area contributed by atoms with Gasteiger partial charge in [-0.15, -0.1) is 0 Å².